The summed E-state index contributed by atoms with van der Waals surface area (Å²) in [6.45, 7) is 3.96. The molecule has 1 unspecified atom stereocenters. The summed E-state index contributed by atoms with van der Waals surface area (Å²) >= 11 is 0. The number of nitrogens with two attached hydrogens (primary N) is 2. The van der Waals surface area contributed by atoms with Gasteiger partial charge in [-0.05, 0) is 35.4 Å². The first-order valence-electron chi connectivity index (χ1n) is 9.81. The summed E-state index contributed by atoms with van der Waals surface area (Å²) in [5.74, 6) is -0.394. The molecule has 2 aromatic carbocycles. The molecule has 7 nitrogen and oxygen atoms in total. The Labute approximate surface area is 176 Å². The normalized spacial score (nSPS) is 14.7. The topological polar surface area (TPSA) is 123 Å². The molecule has 0 saturated heterocycles. The van der Waals surface area contributed by atoms with Gasteiger partial charge in [0, 0.05) is 19.2 Å². The maximum Gasteiger partial charge on any atom is 0.267 e. The summed E-state index contributed by atoms with van der Waals surface area (Å²) in [4.78, 5) is 28.7. The van der Waals surface area contributed by atoms with E-state index in [1.807, 2.05) is 36.4 Å². The van der Waals surface area contributed by atoms with Gasteiger partial charge in [0.25, 0.3) is 5.91 Å². The molecule has 2 aromatic rings. The fourth-order valence-corrected chi connectivity index (χ4v) is 3.56. The van der Waals surface area contributed by atoms with Crippen LogP contribution in [0.25, 0.3) is 0 Å². The maximum atomic E-state index is 12.5. The van der Waals surface area contributed by atoms with E-state index in [0.717, 1.165) is 24.0 Å². The first kappa shape index (κ1) is 21.3. The van der Waals surface area contributed by atoms with Gasteiger partial charge < -0.3 is 22.1 Å². The van der Waals surface area contributed by atoms with Gasteiger partial charge in [-0.1, -0.05) is 55.1 Å². The maximum absolute atomic E-state index is 12.5. The van der Waals surface area contributed by atoms with Crippen LogP contribution in [0.5, 0.6) is 0 Å². The molecule has 0 bridgehead atoms. The molecule has 0 heterocycles. The van der Waals surface area contributed by atoms with E-state index in [9.17, 15) is 9.59 Å². The van der Waals surface area contributed by atoms with Crippen LogP contribution in [0.3, 0.4) is 0 Å². The fourth-order valence-electron chi connectivity index (χ4n) is 3.56. The Morgan fingerprint density at radius 3 is 2.30 bits per heavy atom. The monoisotopic (exact) mass is 405 g/mol. The van der Waals surface area contributed by atoms with Crippen LogP contribution < -0.4 is 22.1 Å². The Balaban J connectivity index is 1.48. The lowest BCUT2D eigenvalue weighted by Crippen LogP contribution is -2.47. The fraction of sp³-hybridized carbons (Fsp3) is 0.261. The highest BCUT2D eigenvalue weighted by Crippen LogP contribution is 2.28. The van der Waals surface area contributed by atoms with Gasteiger partial charge in [-0.2, -0.15) is 0 Å². The average molecular weight is 406 g/mol. The summed E-state index contributed by atoms with van der Waals surface area (Å²) in [5, 5.41) is 5.28. The van der Waals surface area contributed by atoms with Crippen LogP contribution in [-0.2, 0) is 29.0 Å². The lowest BCUT2D eigenvalue weighted by molar-refractivity contribution is -0.125. The van der Waals surface area contributed by atoms with Gasteiger partial charge >= 0.3 is 0 Å². The zero-order chi connectivity index (χ0) is 21.7. The largest absolute Gasteiger partial charge is 0.384 e. The van der Waals surface area contributed by atoms with Crippen molar-refractivity contribution in [3.63, 3.8) is 0 Å². The quantitative estimate of drug-likeness (QED) is 0.312. The third-order valence-corrected chi connectivity index (χ3v) is 5.39. The molecular weight excluding hydrogens is 378 g/mol. The van der Waals surface area contributed by atoms with E-state index in [4.69, 9.17) is 11.5 Å². The number of amidine groups is 1. The molecule has 0 radical (unpaired) electrons. The molecule has 0 saturated carbocycles. The van der Waals surface area contributed by atoms with E-state index >= 15 is 0 Å². The summed E-state index contributed by atoms with van der Waals surface area (Å²) in [6, 6.07) is 14.7. The van der Waals surface area contributed by atoms with Crippen molar-refractivity contribution >= 4 is 17.6 Å². The summed E-state index contributed by atoms with van der Waals surface area (Å²) in [5.41, 5.74) is 16.0. The highest BCUT2D eigenvalue weighted by atomic mass is 16.2. The SMILES string of the molecule is C=C(NC(=O)C(N)C1Cc2ccccc2C1)C(=O)NCc1ccc(C(N)=NC)cc1. The molecule has 1 atom stereocenters. The molecule has 0 aromatic heterocycles. The molecule has 3 rings (SSSR count). The minimum atomic E-state index is -0.708. The first-order valence-corrected chi connectivity index (χ1v) is 9.81. The molecule has 1 aliphatic rings. The molecule has 6 N–H and O–H groups in total. The van der Waals surface area contributed by atoms with Gasteiger partial charge in [0.05, 0.1) is 11.7 Å². The minimum absolute atomic E-state index is 0.0101. The molecule has 7 heteroatoms. The van der Waals surface area contributed by atoms with E-state index in [2.05, 4.69) is 34.3 Å². The minimum Gasteiger partial charge on any atom is -0.384 e. The smallest absolute Gasteiger partial charge is 0.267 e. The van der Waals surface area contributed by atoms with Gasteiger partial charge in [0.2, 0.25) is 5.91 Å². The number of carbonyl (C=O) groups excluding carboxylic acids is 2. The second-order valence-electron chi connectivity index (χ2n) is 7.42. The van der Waals surface area contributed by atoms with Crippen LogP contribution in [-0.4, -0.2) is 30.7 Å². The second kappa shape index (κ2) is 9.37. The number of nitrogens with zero attached hydrogens (tertiary/aromatic N) is 1. The van der Waals surface area contributed by atoms with Gasteiger partial charge in [0.15, 0.2) is 0 Å². The summed E-state index contributed by atoms with van der Waals surface area (Å²) in [6.07, 6.45) is 1.51. The van der Waals surface area contributed by atoms with Gasteiger partial charge in [-0.15, -0.1) is 0 Å². The number of nitrogens with one attached hydrogen (secondary N) is 2. The molecule has 30 heavy (non-hydrogen) atoms. The second-order valence-corrected chi connectivity index (χ2v) is 7.42. The van der Waals surface area contributed by atoms with Crippen molar-refractivity contribution in [1.29, 1.82) is 0 Å². The third-order valence-electron chi connectivity index (χ3n) is 5.39. The summed E-state index contributed by atoms with van der Waals surface area (Å²) in [7, 11) is 1.63. The number of benzene rings is 2. The average Bonchev–Trinajstić information content (AvgIpc) is 3.20. The number of hydrogen-bond donors (Lipinski definition) is 4. The van der Waals surface area contributed by atoms with Crippen molar-refractivity contribution in [3.05, 3.63) is 83.1 Å². The number of aliphatic imine (C=N–C) groups is 1. The summed E-state index contributed by atoms with van der Waals surface area (Å²) < 4.78 is 0. The van der Waals surface area contributed by atoms with Crippen LogP contribution in [0.2, 0.25) is 0 Å². The highest BCUT2D eigenvalue weighted by molar-refractivity contribution is 5.98. The van der Waals surface area contributed by atoms with E-state index < -0.39 is 17.9 Å². The number of carbonyl (C=O) groups is 2. The van der Waals surface area contributed by atoms with Gasteiger partial charge in [-0.25, -0.2) is 0 Å². The number of hydrogen-bond acceptors (Lipinski definition) is 4. The van der Waals surface area contributed by atoms with Crippen molar-refractivity contribution in [1.82, 2.24) is 10.6 Å². The Hall–Kier alpha value is -3.45. The van der Waals surface area contributed by atoms with Crippen LogP contribution >= 0.6 is 0 Å². The third kappa shape index (κ3) is 4.93. The molecule has 0 spiro atoms. The van der Waals surface area contributed by atoms with Gasteiger partial charge in [-0.3, -0.25) is 14.6 Å². The zero-order valence-corrected chi connectivity index (χ0v) is 17.0. The molecular formula is C23H27N5O2. The van der Waals surface area contributed by atoms with Crippen LogP contribution in [0.4, 0.5) is 0 Å². The van der Waals surface area contributed by atoms with Crippen molar-refractivity contribution in [2.45, 2.75) is 25.4 Å². The van der Waals surface area contributed by atoms with E-state index in [-0.39, 0.29) is 11.6 Å². The number of amides is 2. The number of rotatable bonds is 7. The predicted octanol–water partition coefficient (Wildman–Crippen LogP) is 1.01. The van der Waals surface area contributed by atoms with Crippen molar-refractivity contribution < 1.29 is 9.59 Å². The molecule has 156 valence electrons. The van der Waals surface area contributed by atoms with Crippen molar-refractivity contribution in [2.75, 3.05) is 7.05 Å². The number of fused-ring (bicyclic) bond motifs is 1. The Morgan fingerprint density at radius 2 is 1.73 bits per heavy atom. The molecule has 0 aliphatic heterocycles. The standard InChI is InChI=1S/C23H27N5O2/c1-14(22(29)27-13-15-7-9-16(10-8-15)21(25)26-2)28-23(30)20(24)19-11-17-5-3-4-6-18(17)12-19/h3-10,19-20H,1,11-13,24H2,2H3,(H2,25,26)(H,27,29)(H,28,30). The zero-order valence-electron chi connectivity index (χ0n) is 17.0. The van der Waals surface area contributed by atoms with E-state index in [1.54, 1.807) is 7.05 Å². The van der Waals surface area contributed by atoms with Crippen molar-refractivity contribution in [2.24, 2.45) is 22.4 Å². The Bertz CT molecular complexity index is 956. The van der Waals surface area contributed by atoms with E-state index in [0.29, 0.717) is 12.4 Å². The molecule has 2 amide bonds. The van der Waals surface area contributed by atoms with Crippen molar-refractivity contribution in [3.8, 4) is 0 Å². The molecule has 1 aliphatic carbocycles. The van der Waals surface area contributed by atoms with Crippen LogP contribution in [0.1, 0.15) is 22.3 Å². The Kier molecular flexibility index (Phi) is 6.64. The van der Waals surface area contributed by atoms with E-state index in [1.165, 1.54) is 11.1 Å². The first-order chi connectivity index (χ1) is 14.4. The van der Waals surface area contributed by atoms with Crippen LogP contribution in [0, 0.1) is 5.92 Å². The van der Waals surface area contributed by atoms with Gasteiger partial charge in [0.1, 0.15) is 5.84 Å². The molecule has 0 fully saturated rings. The highest BCUT2D eigenvalue weighted by Gasteiger charge is 2.31. The Morgan fingerprint density at radius 1 is 1.13 bits per heavy atom. The predicted molar refractivity (Wildman–Crippen MR) is 118 cm³/mol. The van der Waals surface area contributed by atoms with Crippen LogP contribution in [0.15, 0.2) is 65.8 Å². The lowest BCUT2D eigenvalue weighted by Gasteiger charge is -2.19. The lowest BCUT2D eigenvalue weighted by atomic mass is 9.96.